The van der Waals surface area contributed by atoms with Crippen molar-refractivity contribution in [2.24, 2.45) is 5.41 Å². The van der Waals surface area contributed by atoms with Gasteiger partial charge in [0.1, 0.15) is 11.2 Å². The van der Waals surface area contributed by atoms with Crippen molar-refractivity contribution in [3.63, 3.8) is 0 Å². The Kier molecular flexibility index (Phi) is 4.97. The highest BCUT2D eigenvalue weighted by atomic mass is 19.1. The SMILES string of the molecule is CC(C)(C(=O)N1CCCC1)C(=O)N1CCN(c2ccccc2F)CC1. The van der Waals surface area contributed by atoms with Crippen LogP contribution in [0.3, 0.4) is 0 Å². The van der Waals surface area contributed by atoms with E-state index in [0.717, 1.165) is 25.9 Å². The maximum atomic E-state index is 13.9. The van der Waals surface area contributed by atoms with E-state index in [0.29, 0.717) is 31.9 Å². The molecule has 5 nitrogen and oxygen atoms in total. The number of anilines is 1. The van der Waals surface area contributed by atoms with Crippen molar-refractivity contribution in [1.29, 1.82) is 0 Å². The van der Waals surface area contributed by atoms with Crippen molar-refractivity contribution in [1.82, 2.24) is 9.80 Å². The molecule has 1 aromatic rings. The monoisotopic (exact) mass is 347 g/mol. The first-order valence-corrected chi connectivity index (χ1v) is 8.99. The maximum Gasteiger partial charge on any atom is 0.237 e. The highest BCUT2D eigenvalue weighted by molar-refractivity contribution is 6.04. The van der Waals surface area contributed by atoms with Gasteiger partial charge in [-0.3, -0.25) is 9.59 Å². The minimum Gasteiger partial charge on any atom is -0.366 e. The molecule has 0 radical (unpaired) electrons. The van der Waals surface area contributed by atoms with E-state index in [1.54, 1.807) is 35.8 Å². The van der Waals surface area contributed by atoms with Crippen LogP contribution in [0.1, 0.15) is 26.7 Å². The van der Waals surface area contributed by atoms with E-state index in [2.05, 4.69) is 0 Å². The first-order valence-electron chi connectivity index (χ1n) is 8.99. The van der Waals surface area contributed by atoms with E-state index in [4.69, 9.17) is 0 Å². The Morgan fingerprint density at radius 3 is 1.96 bits per heavy atom. The van der Waals surface area contributed by atoms with Crippen molar-refractivity contribution in [2.75, 3.05) is 44.2 Å². The molecule has 2 amide bonds. The van der Waals surface area contributed by atoms with Gasteiger partial charge in [0.2, 0.25) is 11.8 Å². The summed E-state index contributed by atoms with van der Waals surface area (Å²) in [4.78, 5) is 31.1. The third-order valence-corrected chi connectivity index (χ3v) is 5.22. The second kappa shape index (κ2) is 7.02. The van der Waals surface area contributed by atoms with E-state index >= 15 is 0 Å². The topological polar surface area (TPSA) is 43.9 Å². The second-order valence-corrected chi connectivity index (χ2v) is 7.35. The normalized spacial score (nSPS) is 18.6. The average molecular weight is 347 g/mol. The Morgan fingerprint density at radius 1 is 0.880 bits per heavy atom. The number of hydrogen-bond acceptors (Lipinski definition) is 3. The highest BCUT2D eigenvalue weighted by Crippen LogP contribution is 2.27. The number of benzene rings is 1. The zero-order chi connectivity index (χ0) is 18.0. The Labute approximate surface area is 148 Å². The molecule has 3 rings (SSSR count). The summed E-state index contributed by atoms with van der Waals surface area (Å²) in [6, 6.07) is 6.69. The summed E-state index contributed by atoms with van der Waals surface area (Å²) in [5.41, 5.74) is -0.466. The summed E-state index contributed by atoms with van der Waals surface area (Å²) in [5, 5.41) is 0. The Morgan fingerprint density at radius 2 is 1.40 bits per heavy atom. The average Bonchev–Trinajstić information content (AvgIpc) is 3.15. The van der Waals surface area contributed by atoms with Crippen LogP contribution in [0.5, 0.6) is 0 Å². The Bertz CT molecular complexity index is 648. The van der Waals surface area contributed by atoms with Crippen molar-refractivity contribution < 1.29 is 14.0 Å². The number of nitrogens with zero attached hydrogens (tertiary/aromatic N) is 3. The van der Waals surface area contributed by atoms with Gasteiger partial charge in [-0.2, -0.15) is 0 Å². The third-order valence-electron chi connectivity index (χ3n) is 5.22. The number of likely N-dealkylation sites (tertiary alicyclic amines) is 1. The lowest BCUT2D eigenvalue weighted by atomic mass is 9.89. The number of piperazine rings is 1. The van der Waals surface area contributed by atoms with Crippen LogP contribution in [0, 0.1) is 11.2 Å². The molecule has 2 heterocycles. The highest BCUT2D eigenvalue weighted by Gasteiger charge is 2.42. The van der Waals surface area contributed by atoms with Crippen LogP contribution in [0.25, 0.3) is 0 Å². The molecule has 0 saturated carbocycles. The molecule has 0 aromatic heterocycles. The molecule has 136 valence electrons. The van der Waals surface area contributed by atoms with Gasteiger partial charge in [-0.25, -0.2) is 4.39 Å². The summed E-state index contributed by atoms with van der Waals surface area (Å²) in [5.74, 6) is -0.448. The van der Waals surface area contributed by atoms with Crippen LogP contribution in [0.4, 0.5) is 10.1 Å². The third kappa shape index (κ3) is 3.48. The molecular weight excluding hydrogens is 321 g/mol. The molecule has 2 aliphatic heterocycles. The number of carbonyl (C=O) groups excluding carboxylic acids is 2. The largest absolute Gasteiger partial charge is 0.366 e. The quantitative estimate of drug-likeness (QED) is 0.787. The summed E-state index contributed by atoms with van der Waals surface area (Å²) in [6.07, 6.45) is 2.02. The first-order chi connectivity index (χ1) is 11.9. The molecule has 2 fully saturated rings. The van der Waals surface area contributed by atoms with Gasteiger partial charge in [0.25, 0.3) is 0 Å². The van der Waals surface area contributed by atoms with Gasteiger partial charge >= 0.3 is 0 Å². The zero-order valence-corrected chi connectivity index (χ0v) is 15.0. The molecule has 0 N–H and O–H groups in total. The molecular formula is C19H26FN3O2. The zero-order valence-electron chi connectivity index (χ0n) is 15.0. The molecule has 0 atom stereocenters. The predicted octanol–water partition coefficient (Wildman–Crippen LogP) is 2.12. The summed E-state index contributed by atoms with van der Waals surface area (Å²) in [7, 11) is 0. The van der Waals surface area contributed by atoms with Crippen LogP contribution < -0.4 is 4.90 Å². The molecule has 2 saturated heterocycles. The standard InChI is InChI=1S/C19H26FN3O2/c1-19(2,17(24)22-9-5-6-10-22)18(25)23-13-11-21(12-14-23)16-8-4-3-7-15(16)20/h3-4,7-8H,5-6,9-14H2,1-2H3. The number of amides is 2. The molecule has 0 aliphatic carbocycles. The lowest BCUT2D eigenvalue weighted by Gasteiger charge is -2.39. The van der Waals surface area contributed by atoms with Crippen LogP contribution in [0.2, 0.25) is 0 Å². The summed E-state index contributed by atoms with van der Waals surface area (Å²) in [6.45, 7) is 7.08. The smallest absolute Gasteiger partial charge is 0.237 e. The Balaban J connectivity index is 1.63. The van der Waals surface area contributed by atoms with Crippen LogP contribution >= 0.6 is 0 Å². The van der Waals surface area contributed by atoms with Gasteiger partial charge in [0.15, 0.2) is 0 Å². The lowest BCUT2D eigenvalue weighted by molar-refractivity contribution is -0.153. The second-order valence-electron chi connectivity index (χ2n) is 7.35. The van der Waals surface area contributed by atoms with Gasteiger partial charge in [0, 0.05) is 39.3 Å². The minimum absolute atomic E-state index is 0.0773. The van der Waals surface area contributed by atoms with E-state index in [9.17, 15) is 14.0 Å². The van der Waals surface area contributed by atoms with Crippen molar-refractivity contribution in [3.05, 3.63) is 30.1 Å². The molecule has 0 spiro atoms. The maximum absolute atomic E-state index is 13.9. The van der Waals surface area contributed by atoms with E-state index in [1.165, 1.54) is 6.07 Å². The lowest BCUT2D eigenvalue weighted by Crippen LogP contribution is -2.55. The van der Waals surface area contributed by atoms with Gasteiger partial charge in [-0.05, 0) is 38.8 Å². The van der Waals surface area contributed by atoms with Crippen LogP contribution in [-0.2, 0) is 9.59 Å². The minimum atomic E-state index is -1.04. The van der Waals surface area contributed by atoms with Crippen molar-refractivity contribution in [2.45, 2.75) is 26.7 Å². The molecule has 1 aromatic carbocycles. The van der Waals surface area contributed by atoms with E-state index < -0.39 is 5.41 Å². The fourth-order valence-electron chi connectivity index (χ4n) is 3.66. The van der Waals surface area contributed by atoms with Crippen LogP contribution in [0.15, 0.2) is 24.3 Å². The number of para-hydroxylation sites is 1. The predicted molar refractivity (Wildman–Crippen MR) is 94.8 cm³/mol. The fourth-order valence-corrected chi connectivity index (χ4v) is 3.66. The number of hydrogen-bond donors (Lipinski definition) is 0. The Hall–Kier alpha value is -2.11. The van der Waals surface area contributed by atoms with Gasteiger partial charge in [-0.15, -0.1) is 0 Å². The molecule has 0 bridgehead atoms. The fraction of sp³-hybridized carbons (Fsp3) is 0.579. The number of halogens is 1. The number of rotatable bonds is 3. The molecule has 2 aliphatic rings. The van der Waals surface area contributed by atoms with E-state index in [1.807, 2.05) is 11.0 Å². The van der Waals surface area contributed by atoms with E-state index in [-0.39, 0.29) is 17.6 Å². The number of carbonyl (C=O) groups is 2. The summed E-state index contributed by atoms with van der Waals surface area (Å²) < 4.78 is 13.9. The van der Waals surface area contributed by atoms with Gasteiger partial charge < -0.3 is 14.7 Å². The molecule has 6 heteroatoms. The van der Waals surface area contributed by atoms with Gasteiger partial charge in [-0.1, -0.05) is 12.1 Å². The first kappa shape index (κ1) is 17.7. The van der Waals surface area contributed by atoms with Crippen molar-refractivity contribution in [3.8, 4) is 0 Å². The molecule has 25 heavy (non-hydrogen) atoms. The van der Waals surface area contributed by atoms with Crippen LogP contribution in [-0.4, -0.2) is 60.9 Å². The summed E-state index contributed by atoms with van der Waals surface area (Å²) >= 11 is 0. The van der Waals surface area contributed by atoms with Gasteiger partial charge in [0.05, 0.1) is 5.69 Å². The van der Waals surface area contributed by atoms with Crippen molar-refractivity contribution >= 4 is 17.5 Å². The molecule has 0 unspecified atom stereocenters.